The lowest BCUT2D eigenvalue weighted by Crippen LogP contribution is -2.36. The van der Waals surface area contributed by atoms with Crippen molar-refractivity contribution < 1.29 is 19.2 Å². The Balaban J connectivity index is 2.11. The third-order valence-corrected chi connectivity index (χ3v) is 3.44. The van der Waals surface area contributed by atoms with Gasteiger partial charge in [0, 0.05) is 17.1 Å². The van der Waals surface area contributed by atoms with Gasteiger partial charge < -0.3 is 14.5 Å². The number of hydrogen-bond donors (Lipinski definition) is 1. The van der Waals surface area contributed by atoms with E-state index in [0.717, 1.165) is 10.0 Å². The Hall–Kier alpha value is -2.15. The quantitative estimate of drug-likeness (QED) is 0.848. The number of carbonyl (C=O) groups excluding carboxylic acids is 1. The van der Waals surface area contributed by atoms with E-state index in [0.29, 0.717) is 11.5 Å². The standard InChI is InChI=1S/C15H15BrN2O4/c1-10-5-13(17-22-10)7-14(19)18(9-15(20)21)8-11-3-2-4-12(16)6-11/h2-6H,7-9H2,1H3,(H,20,21). The van der Waals surface area contributed by atoms with Gasteiger partial charge in [-0.25, -0.2) is 0 Å². The normalized spacial score (nSPS) is 10.5. The molecule has 1 aromatic carbocycles. The van der Waals surface area contributed by atoms with Crippen molar-refractivity contribution >= 4 is 27.8 Å². The minimum absolute atomic E-state index is 0.0125. The summed E-state index contributed by atoms with van der Waals surface area (Å²) in [7, 11) is 0. The summed E-state index contributed by atoms with van der Waals surface area (Å²) in [6.07, 6.45) is 0.0125. The van der Waals surface area contributed by atoms with Crippen molar-refractivity contribution in [2.24, 2.45) is 0 Å². The first-order chi connectivity index (χ1) is 10.4. The van der Waals surface area contributed by atoms with Crippen LogP contribution in [0.15, 0.2) is 39.3 Å². The number of carbonyl (C=O) groups is 2. The molecule has 1 aromatic heterocycles. The van der Waals surface area contributed by atoms with E-state index in [1.165, 1.54) is 4.90 Å². The van der Waals surface area contributed by atoms with Crippen molar-refractivity contribution in [3.8, 4) is 0 Å². The maximum atomic E-state index is 12.3. The van der Waals surface area contributed by atoms with Crippen molar-refractivity contribution in [2.45, 2.75) is 19.9 Å². The van der Waals surface area contributed by atoms with E-state index in [4.69, 9.17) is 9.63 Å². The molecule has 1 heterocycles. The van der Waals surface area contributed by atoms with Crippen LogP contribution in [0.25, 0.3) is 0 Å². The first-order valence-electron chi connectivity index (χ1n) is 6.60. The lowest BCUT2D eigenvalue weighted by molar-refractivity contribution is -0.144. The molecule has 2 rings (SSSR count). The van der Waals surface area contributed by atoms with Gasteiger partial charge in [-0.3, -0.25) is 9.59 Å². The third-order valence-electron chi connectivity index (χ3n) is 2.95. The highest BCUT2D eigenvalue weighted by Crippen LogP contribution is 2.14. The number of hydrogen-bond acceptors (Lipinski definition) is 4. The van der Waals surface area contributed by atoms with Crippen molar-refractivity contribution in [3.63, 3.8) is 0 Å². The summed E-state index contributed by atoms with van der Waals surface area (Å²) in [4.78, 5) is 24.6. The van der Waals surface area contributed by atoms with Gasteiger partial charge in [0.1, 0.15) is 12.3 Å². The molecule has 0 saturated heterocycles. The molecule has 116 valence electrons. The molecule has 0 aliphatic carbocycles. The Kier molecular flexibility index (Phi) is 5.32. The second kappa shape index (κ2) is 7.22. The predicted molar refractivity (Wildman–Crippen MR) is 82.1 cm³/mol. The van der Waals surface area contributed by atoms with Gasteiger partial charge in [-0.15, -0.1) is 0 Å². The average Bonchev–Trinajstić information content (AvgIpc) is 2.83. The van der Waals surface area contributed by atoms with Crippen LogP contribution in [0.4, 0.5) is 0 Å². The average molecular weight is 367 g/mol. The zero-order valence-corrected chi connectivity index (χ0v) is 13.5. The van der Waals surface area contributed by atoms with Gasteiger partial charge in [0.2, 0.25) is 5.91 Å². The van der Waals surface area contributed by atoms with Crippen LogP contribution >= 0.6 is 15.9 Å². The van der Waals surface area contributed by atoms with E-state index in [2.05, 4.69) is 21.1 Å². The van der Waals surface area contributed by atoms with E-state index < -0.39 is 5.97 Å². The van der Waals surface area contributed by atoms with Crippen molar-refractivity contribution in [1.29, 1.82) is 0 Å². The fourth-order valence-corrected chi connectivity index (χ4v) is 2.47. The molecular formula is C15H15BrN2O4. The van der Waals surface area contributed by atoms with Crippen molar-refractivity contribution in [1.82, 2.24) is 10.1 Å². The topological polar surface area (TPSA) is 83.6 Å². The van der Waals surface area contributed by atoms with Crippen molar-refractivity contribution in [2.75, 3.05) is 6.54 Å². The minimum Gasteiger partial charge on any atom is -0.480 e. The molecule has 0 fully saturated rings. The Morgan fingerprint density at radius 1 is 1.36 bits per heavy atom. The second-order valence-corrected chi connectivity index (χ2v) is 5.79. The first-order valence-corrected chi connectivity index (χ1v) is 7.39. The number of carboxylic acid groups (broad SMARTS) is 1. The number of aromatic nitrogens is 1. The summed E-state index contributed by atoms with van der Waals surface area (Å²) in [5, 5.41) is 12.8. The Bertz CT molecular complexity index is 684. The molecule has 0 atom stereocenters. The fraction of sp³-hybridized carbons (Fsp3) is 0.267. The van der Waals surface area contributed by atoms with Gasteiger partial charge in [-0.2, -0.15) is 0 Å². The van der Waals surface area contributed by atoms with E-state index in [1.807, 2.05) is 24.3 Å². The highest BCUT2D eigenvalue weighted by Gasteiger charge is 2.19. The molecular weight excluding hydrogens is 352 g/mol. The van der Waals surface area contributed by atoms with Gasteiger partial charge in [0.05, 0.1) is 12.1 Å². The molecule has 1 N–H and O–H groups in total. The number of aryl methyl sites for hydroxylation is 1. The molecule has 0 spiro atoms. The number of aliphatic carboxylic acids is 1. The number of benzene rings is 1. The van der Waals surface area contributed by atoms with Gasteiger partial charge in [0.15, 0.2) is 0 Å². The van der Waals surface area contributed by atoms with Crippen LogP contribution in [0, 0.1) is 6.92 Å². The van der Waals surface area contributed by atoms with Crippen LogP contribution in [0.2, 0.25) is 0 Å². The van der Waals surface area contributed by atoms with Gasteiger partial charge >= 0.3 is 5.97 Å². The van der Waals surface area contributed by atoms with E-state index >= 15 is 0 Å². The Labute approximate surface area is 135 Å². The molecule has 22 heavy (non-hydrogen) atoms. The molecule has 7 heteroatoms. The first kappa shape index (κ1) is 16.2. The Morgan fingerprint density at radius 2 is 2.14 bits per heavy atom. The van der Waals surface area contributed by atoms with Crippen LogP contribution < -0.4 is 0 Å². The summed E-state index contributed by atoms with van der Waals surface area (Å²) in [5.74, 6) is -0.755. The molecule has 0 bridgehead atoms. The molecule has 6 nitrogen and oxygen atoms in total. The van der Waals surface area contributed by atoms with E-state index in [-0.39, 0.29) is 25.4 Å². The van der Waals surface area contributed by atoms with E-state index in [9.17, 15) is 9.59 Å². The summed E-state index contributed by atoms with van der Waals surface area (Å²) in [6.45, 7) is 1.60. The number of amides is 1. The maximum Gasteiger partial charge on any atom is 0.323 e. The largest absolute Gasteiger partial charge is 0.480 e. The second-order valence-electron chi connectivity index (χ2n) is 4.88. The molecule has 0 aliphatic rings. The summed E-state index contributed by atoms with van der Waals surface area (Å²) < 4.78 is 5.79. The third kappa shape index (κ3) is 4.70. The molecule has 0 unspecified atom stereocenters. The Morgan fingerprint density at radius 3 is 2.73 bits per heavy atom. The SMILES string of the molecule is Cc1cc(CC(=O)N(CC(=O)O)Cc2cccc(Br)c2)no1. The lowest BCUT2D eigenvalue weighted by Gasteiger charge is -2.20. The zero-order chi connectivity index (χ0) is 16.1. The number of nitrogens with zero attached hydrogens (tertiary/aromatic N) is 2. The lowest BCUT2D eigenvalue weighted by atomic mass is 10.2. The highest BCUT2D eigenvalue weighted by molar-refractivity contribution is 9.10. The maximum absolute atomic E-state index is 12.3. The predicted octanol–water partition coefficient (Wildman–Crippen LogP) is 2.40. The molecule has 2 aromatic rings. The molecule has 0 saturated carbocycles. The van der Waals surface area contributed by atoms with Gasteiger partial charge in [-0.05, 0) is 24.6 Å². The van der Waals surface area contributed by atoms with Crippen LogP contribution in [0.5, 0.6) is 0 Å². The zero-order valence-electron chi connectivity index (χ0n) is 12.0. The fourth-order valence-electron chi connectivity index (χ4n) is 2.02. The number of carboxylic acids is 1. The molecule has 0 aliphatic heterocycles. The number of rotatable bonds is 6. The van der Waals surface area contributed by atoms with E-state index in [1.54, 1.807) is 13.0 Å². The minimum atomic E-state index is -1.06. The summed E-state index contributed by atoms with van der Waals surface area (Å²) >= 11 is 3.35. The summed E-state index contributed by atoms with van der Waals surface area (Å²) in [6, 6.07) is 9.06. The highest BCUT2D eigenvalue weighted by atomic mass is 79.9. The molecule has 1 amide bonds. The monoisotopic (exact) mass is 366 g/mol. The molecule has 0 radical (unpaired) electrons. The number of halogens is 1. The van der Waals surface area contributed by atoms with Crippen LogP contribution in [-0.4, -0.2) is 33.6 Å². The van der Waals surface area contributed by atoms with Crippen LogP contribution in [-0.2, 0) is 22.6 Å². The smallest absolute Gasteiger partial charge is 0.323 e. The van der Waals surface area contributed by atoms with Gasteiger partial charge in [-0.1, -0.05) is 33.2 Å². The summed E-state index contributed by atoms with van der Waals surface area (Å²) in [5.41, 5.74) is 1.34. The van der Waals surface area contributed by atoms with Crippen LogP contribution in [0.3, 0.4) is 0 Å². The van der Waals surface area contributed by atoms with Crippen LogP contribution in [0.1, 0.15) is 17.0 Å². The van der Waals surface area contributed by atoms with Crippen molar-refractivity contribution in [3.05, 3.63) is 51.8 Å². The van der Waals surface area contributed by atoms with Gasteiger partial charge in [0.25, 0.3) is 0 Å².